The molecule has 0 unspecified atom stereocenters. The molecule has 0 aliphatic rings. The molecule has 0 fully saturated rings. The van der Waals surface area contributed by atoms with Crippen molar-refractivity contribution in [2.45, 2.75) is 0 Å². The number of hydrogen-bond donors (Lipinski definition) is 0. The summed E-state index contributed by atoms with van der Waals surface area (Å²) in [5, 5.41) is 0. The summed E-state index contributed by atoms with van der Waals surface area (Å²) in [6.07, 6.45) is 0. The first-order valence-corrected chi connectivity index (χ1v) is 2.62. The molecule has 0 aliphatic carbocycles. The smallest absolute Gasteiger partial charge is 0.510 e. The maximum Gasteiger partial charge on any atom is 1.04 e. The molecule has 0 N–H and O–H groups in total. The molecule has 0 spiro atoms. The molecule has 0 aromatic rings. The van der Waals surface area contributed by atoms with E-state index in [1.165, 1.54) is 0 Å². The summed E-state index contributed by atoms with van der Waals surface area (Å²) < 4.78 is 39.4. The van der Waals surface area contributed by atoms with Crippen LogP contribution in [0.2, 0.25) is 0 Å². The summed E-state index contributed by atoms with van der Waals surface area (Å²) in [7, 11) is 0. The average Bonchev–Trinajstić information content (AvgIpc) is 0.722. The van der Waals surface area contributed by atoms with Gasteiger partial charge in [-0.05, 0) is 0 Å². The fourth-order valence-corrected chi connectivity index (χ4v) is 0. The topological polar surface area (TPSA) is 0 Å². The summed E-state index contributed by atoms with van der Waals surface area (Å²) >= 11 is -6.83. The molecule has 0 radical (unpaired) electrons. The molecule has 0 rings (SSSR count). The van der Waals surface area contributed by atoms with Crippen molar-refractivity contribution in [2.75, 3.05) is 0 Å². The molecule has 0 nitrogen and oxygen atoms in total. The first-order chi connectivity index (χ1) is 2.00. The molecule has 0 saturated carbocycles. The Hall–Kier alpha value is 2.30. The van der Waals surface area contributed by atoms with E-state index in [4.69, 9.17) is 0 Å². The van der Waals surface area contributed by atoms with Crippen LogP contribution < -0.4 is 68.9 Å². The largest absolute Gasteiger partial charge is 1.04 e. The van der Waals surface area contributed by atoms with Crippen LogP contribution >= 0.6 is 0 Å². The molecular weight excluding hydrogens is 236 g/mol. The third-order valence-corrected chi connectivity index (χ3v) is 0. The summed E-state index contributed by atoms with van der Waals surface area (Å²) in [5.74, 6) is 0. The second-order valence-corrected chi connectivity index (χ2v) is 1.48. The Morgan fingerprint density at radius 3 is 0.833 bits per heavy atom. The van der Waals surface area contributed by atoms with Crippen molar-refractivity contribution in [1.82, 2.24) is 0 Å². The predicted octanol–water partition coefficient (Wildman–Crippen LogP) is -1.70. The van der Waals surface area contributed by atoms with Crippen LogP contribution in [-0.4, -0.2) is 14.9 Å². The van der Waals surface area contributed by atoms with Crippen LogP contribution in [0, 0.1) is 0 Å². The van der Waals surface area contributed by atoms with E-state index < -0.39 is 14.9 Å². The van der Waals surface area contributed by atoms with Gasteiger partial charge in [-0.3, -0.25) is 0 Å². The Morgan fingerprint density at radius 2 is 0.833 bits per heavy atom. The van der Waals surface area contributed by atoms with Crippen LogP contribution in [0.1, 0.15) is 0 Å². The first kappa shape index (κ1) is 11.1. The minimum absolute atomic E-state index is 0. The molecule has 0 aliphatic heterocycles. The summed E-state index contributed by atoms with van der Waals surface area (Å²) in [6.45, 7) is 0. The molecule has 32 valence electrons. The van der Waals surface area contributed by atoms with Crippen LogP contribution in [-0.2, 0) is 0 Å². The van der Waals surface area contributed by atoms with Gasteiger partial charge in [0, 0.05) is 0 Å². The van der Waals surface area contributed by atoms with E-state index in [0.717, 1.165) is 0 Å². The van der Waals surface area contributed by atoms with Crippen molar-refractivity contribution < 1.29 is 83.0 Å². The van der Waals surface area contributed by atoms with E-state index >= 15 is 0 Å². The average molecular weight is 236 g/mol. The molecule has 0 bridgehead atoms. The molecule has 0 atom stereocenters. The van der Waals surface area contributed by atoms with Crippen LogP contribution in [0.5, 0.6) is 0 Å². The fraction of sp³-hybridized carbons (Fsp3) is 0. The Kier molecular flexibility index (Phi) is 7.82. The van der Waals surface area contributed by atoms with E-state index in [1.807, 2.05) is 0 Å². The van der Waals surface area contributed by atoms with Crippen LogP contribution in [0.15, 0.2) is 0 Å². The summed E-state index contributed by atoms with van der Waals surface area (Å²) in [5.41, 5.74) is 0. The second-order valence-electron chi connectivity index (χ2n) is 0.495. The monoisotopic (exact) mass is 236 g/mol. The quantitative estimate of drug-likeness (QED) is 0.347. The zero-order valence-electron chi connectivity index (χ0n) is 3.09. The fourth-order valence-electron chi connectivity index (χ4n) is 0. The predicted molar refractivity (Wildman–Crippen MR) is 10.2 cm³/mol. The van der Waals surface area contributed by atoms with Gasteiger partial charge in [-0.15, -0.1) is 0 Å². The van der Waals surface area contributed by atoms with Gasteiger partial charge < -0.3 is 14.1 Å². The minimum atomic E-state index is -6.83. The van der Waals surface area contributed by atoms with Gasteiger partial charge in [-0.25, -0.2) is 0 Å². The molecule has 6 heavy (non-hydrogen) atoms. The summed E-state index contributed by atoms with van der Waals surface area (Å²) in [4.78, 5) is 0. The van der Waals surface area contributed by atoms with Crippen molar-refractivity contribution in [2.24, 2.45) is 0 Å². The van der Waals surface area contributed by atoms with Crippen LogP contribution in [0.3, 0.4) is 0 Å². The minimum Gasteiger partial charge on any atom is -0.510 e. The Labute approximate surface area is 95.3 Å². The van der Waals surface area contributed by atoms with Crippen molar-refractivity contribution >= 4 is 14.9 Å². The number of rotatable bonds is 0. The third kappa shape index (κ3) is 33.4. The standard InChI is InChI=1S/Al.Cs.4FH/h;;4*1H/q+3;+1;;;;/p-4. The Bertz CT molecular complexity index is 23.0. The number of hydrogen-bond acceptors (Lipinski definition) is 0. The second kappa shape index (κ2) is 4.21. The van der Waals surface area contributed by atoms with Gasteiger partial charge in [-0.1, -0.05) is 0 Å². The maximum atomic E-state index is 9.85. The zero-order valence-corrected chi connectivity index (χ0v) is 10.5. The third-order valence-electron chi connectivity index (χ3n) is 0. The van der Waals surface area contributed by atoms with Crippen molar-refractivity contribution in [1.29, 1.82) is 0 Å². The van der Waals surface area contributed by atoms with Crippen molar-refractivity contribution in [3.63, 3.8) is 0 Å². The van der Waals surface area contributed by atoms with E-state index in [9.17, 15) is 14.1 Å². The van der Waals surface area contributed by atoms with Gasteiger partial charge >= 0.3 is 83.8 Å². The van der Waals surface area contributed by atoms with Crippen molar-refractivity contribution in [3.05, 3.63) is 0 Å². The molecule has 0 aromatic heterocycles. The molecular formula is AlCsF4. The van der Waals surface area contributed by atoms with E-state index in [0.29, 0.717) is 0 Å². The molecule has 0 saturated heterocycles. The van der Waals surface area contributed by atoms with Crippen LogP contribution in [0.25, 0.3) is 0 Å². The van der Waals surface area contributed by atoms with Crippen molar-refractivity contribution in [3.8, 4) is 0 Å². The van der Waals surface area contributed by atoms with Gasteiger partial charge in [-0.2, -0.15) is 0 Å². The van der Waals surface area contributed by atoms with Gasteiger partial charge in [0.2, 0.25) is 0 Å². The van der Waals surface area contributed by atoms with Gasteiger partial charge in [0.25, 0.3) is 0 Å². The van der Waals surface area contributed by atoms with Gasteiger partial charge in [0.05, 0.1) is 0 Å². The zero-order chi connectivity index (χ0) is 4.50. The van der Waals surface area contributed by atoms with E-state index in [2.05, 4.69) is 0 Å². The van der Waals surface area contributed by atoms with Gasteiger partial charge in [0.15, 0.2) is 0 Å². The molecule has 0 amide bonds. The SMILES string of the molecule is [Cs+].[F][Al-]([F])([F])[F]. The normalized spacial score (nSPS) is 10.0. The van der Waals surface area contributed by atoms with Gasteiger partial charge in [0.1, 0.15) is 0 Å². The molecule has 0 aromatic carbocycles. The summed E-state index contributed by atoms with van der Waals surface area (Å²) in [6, 6.07) is 0. The Morgan fingerprint density at radius 1 is 0.833 bits per heavy atom. The number of halogens is 4. The van der Waals surface area contributed by atoms with Crippen LogP contribution in [0.4, 0.5) is 14.1 Å². The molecule has 0 heterocycles. The first-order valence-electron chi connectivity index (χ1n) is 0.873. The Balaban J connectivity index is 0. The van der Waals surface area contributed by atoms with E-state index in [-0.39, 0.29) is 68.9 Å². The van der Waals surface area contributed by atoms with E-state index in [1.54, 1.807) is 0 Å². The maximum absolute atomic E-state index is 9.85. The molecule has 6 heteroatoms.